The van der Waals surface area contributed by atoms with E-state index in [0.717, 1.165) is 45.8 Å². The lowest BCUT2D eigenvalue weighted by Crippen LogP contribution is -2.52. The molecule has 4 nitrogen and oxygen atoms in total. The van der Waals surface area contributed by atoms with Crippen LogP contribution in [0, 0.1) is 0 Å². The zero-order valence-electron chi connectivity index (χ0n) is 12.8. The topological polar surface area (TPSA) is 28.6 Å². The molecule has 2 rings (SSSR count). The maximum Gasteiger partial charge on any atom is 0.0593 e. The normalized spacial score (nSPS) is 21.2. The SMILES string of the molecule is CCOCCN1CCN(CCc2ccncc2)C[C@H]1C. The molecule has 0 aromatic carbocycles. The van der Waals surface area contributed by atoms with Crippen molar-refractivity contribution in [1.82, 2.24) is 14.8 Å². The number of rotatable bonds is 7. The summed E-state index contributed by atoms with van der Waals surface area (Å²) in [6, 6.07) is 4.85. The zero-order valence-corrected chi connectivity index (χ0v) is 12.8. The number of aromatic nitrogens is 1. The second kappa shape index (κ2) is 8.35. The van der Waals surface area contributed by atoms with Gasteiger partial charge in [0.25, 0.3) is 0 Å². The molecule has 2 heterocycles. The fourth-order valence-corrected chi connectivity index (χ4v) is 2.77. The summed E-state index contributed by atoms with van der Waals surface area (Å²) < 4.78 is 5.46. The summed E-state index contributed by atoms with van der Waals surface area (Å²) in [6.07, 6.45) is 4.88. The van der Waals surface area contributed by atoms with Gasteiger partial charge >= 0.3 is 0 Å². The lowest BCUT2D eigenvalue weighted by molar-refractivity contribution is 0.0498. The second-order valence-corrected chi connectivity index (χ2v) is 5.49. The van der Waals surface area contributed by atoms with Crippen LogP contribution in [0.1, 0.15) is 19.4 Å². The molecule has 0 bridgehead atoms. The van der Waals surface area contributed by atoms with Crippen LogP contribution in [0.25, 0.3) is 0 Å². The number of ether oxygens (including phenoxy) is 1. The highest BCUT2D eigenvalue weighted by molar-refractivity contribution is 5.10. The Labute approximate surface area is 122 Å². The van der Waals surface area contributed by atoms with Gasteiger partial charge in [0.05, 0.1) is 6.61 Å². The Balaban J connectivity index is 1.69. The minimum Gasteiger partial charge on any atom is -0.380 e. The van der Waals surface area contributed by atoms with E-state index in [9.17, 15) is 0 Å². The van der Waals surface area contributed by atoms with Gasteiger partial charge in [-0.3, -0.25) is 9.88 Å². The number of hydrogen-bond donors (Lipinski definition) is 0. The Morgan fingerprint density at radius 2 is 2.05 bits per heavy atom. The molecule has 0 radical (unpaired) electrons. The molecule has 0 aliphatic carbocycles. The van der Waals surface area contributed by atoms with Crippen LogP contribution >= 0.6 is 0 Å². The molecule has 1 fully saturated rings. The smallest absolute Gasteiger partial charge is 0.0593 e. The fourth-order valence-electron chi connectivity index (χ4n) is 2.77. The summed E-state index contributed by atoms with van der Waals surface area (Å²) in [4.78, 5) is 9.18. The summed E-state index contributed by atoms with van der Waals surface area (Å²) in [5.74, 6) is 0. The molecule has 0 saturated carbocycles. The maximum absolute atomic E-state index is 5.46. The van der Waals surface area contributed by atoms with E-state index in [1.165, 1.54) is 12.1 Å². The molecule has 0 amide bonds. The van der Waals surface area contributed by atoms with Crippen LogP contribution in [0.5, 0.6) is 0 Å². The molecular formula is C16H27N3O. The predicted octanol–water partition coefficient (Wildman–Crippen LogP) is 1.67. The van der Waals surface area contributed by atoms with Crippen LogP contribution in [0.3, 0.4) is 0 Å². The first-order valence-electron chi connectivity index (χ1n) is 7.72. The summed E-state index contributed by atoms with van der Waals surface area (Å²) in [5.41, 5.74) is 1.38. The van der Waals surface area contributed by atoms with E-state index < -0.39 is 0 Å². The first kappa shape index (κ1) is 15.4. The highest BCUT2D eigenvalue weighted by Gasteiger charge is 2.22. The monoisotopic (exact) mass is 277 g/mol. The standard InChI is InChI=1S/C16H27N3O/c1-3-20-13-12-19-11-10-18(14-15(19)2)9-6-16-4-7-17-8-5-16/h4-5,7-8,15H,3,6,9-14H2,1-2H3/t15-/m1/s1. The largest absolute Gasteiger partial charge is 0.380 e. The van der Waals surface area contributed by atoms with Gasteiger partial charge in [0.2, 0.25) is 0 Å². The average Bonchev–Trinajstić information content (AvgIpc) is 2.48. The predicted molar refractivity (Wildman–Crippen MR) is 81.9 cm³/mol. The molecule has 0 unspecified atom stereocenters. The van der Waals surface area contributed by atoms with E-state index in [4.69, 9.17) is 4.74 Å². The van der Waals surface area contributed by atoms with E-state index in [1.807, 2.05) is 12.4 Å². The van der Waals surface area contributed by atoms with Crippen LogP contribution in [0.15, 0.2) is 24.5 Å². The molecule has 1 aliphatic rings. The Hall–Kier alpha value is -0.970. The summed E-state index contributed by atoms with van der Waals surface area (Å²) in [7, 11) is 0. The van der Waals surface area contributed by atoms with Gasteiger partial charge in [-0.2, -0.15) is 0 Å². The summed E-state index contributed by atoms with van der Waals surface area (Å²) in [5, 5.41) is 0. The Morgan fingerprint density at radius 1 is 1.25 bits per heavy atom. The Morgan fingerprint density at radius 3 is 2.75 bits per heavy atom. The number of pyridine rings is 1. The third kappa shape index (κ3) is 4.85. The molecule has 0 spiro atoms. The first-order valence-corrected chi connectivity index (χ1v) is 7.72. The van der Waals surface area contributed by atoms with Gasteiger partial charge in [-0.1, -0.05) is 0 Å². The first-order chi connectivity index (χ1) is 9.79. The molecule has 0 N–H and O–H groups in total. The van der Waals surface area contributed by atoms with E-state index in [-0.39, 0.29) is 0 Å². The number of hydrogen-bond acceptors (Lipinski definition) is 4. The minimum absolute atomic E-state index is 0.627. The zero-order chi connectivity index (χ0) is 14.2. The Bertz CT molecular complexity index is 371. The molecule has 4 heteroatoms. The Kier molecular flexibility index (Phi) is 6.43. The summed E-state index contributed by atoms with van der Waals surface area (Å²) in [6.45, 7) is 11.8. The van der Waals surface area contributed by atoms with Crippen molar-refractivity contribution in [3.8, 4) is 0 Å². The molecule has 20 heavy (non-hydrogen) atoms. The minimum atomic E-state index is 0.627. The van der Waals surface area contributed by atoms with Crippen LogP contribution in [0.2, 0.25) is 0 Å². The van der Waals surface area contributed by atoms with Gasteiger partial charge in [0.1, 0.15) is 0 Å². The van der Waals surface area contributed by atoms with Crippen molar-refractivity contribution < 1.29 is 4.74 Å². The summed E-state index contributed by atoms with van der Waals surface area (Å²) >= 11 is 0. The highest BCUT2D eigenvalue weighted by Crippen LogP contribution is 2.10. The molecular weight excluding hydrogens is 250 g/mol. The molecule has 1 atom stereocenters. The van der Waals surface area contributed by atoms with Crippen molar-refractivity contribution >= 4 is 0 Å². The third-order valence-corrected chi connectivity index (χ3v) is 4.04. The molecule has 1 saturated heterocycles. The van der Waals surface area contributed by atoms with E-state index >= 15 is 0 Å². The van der Waals surface area contributed by atoms with Crippen molar-refractivity contribution in [2.45, 2.75) is 26.3 Å². The van der Waals surface area contributed by atoms with Crippen LogP contribution < -0.4 is 0 Å². The molecule has 1 aliphatic heterocycles. The lowest BCUT2D eigenvalue weighted by atomic mass is 10.1. The number of piperazine rings is 1. The van der Waals surface area contributed by atoms with Gasteiger partial charge in [-0.15, -0.1) is 0 Å². The van der Waals surface area contributed by atoms with Crippen LogP contribution in [-0.2, 0) is 11.2 Å². The molecule has 1 aromatic rings. The molecule has 1 aromatic heterocycles. The van der Waals surface area contributed by atoms with Crippen LogP contribution in [-0.4, -0.2) is 66.8 Å². The second-order valence-electron chi connectivity index (χ2n) is 5.49. The van der Waals surface area contributed by atoms with Gasteiger partial charge in [0, 0.05) is 57.8 Å². The van der Waals surface area contributed by atoms with Crippen molar-refractivity contribution in [3.05, 3.63) is 30.1 Å². The van der Waals surface area contributed by atoms with E-state index in [2.05, 4.69) is 40.8 Å². The average molecular weight is 277 g/mol. The van der Waals surface area contributed by atoms with Gasteiger partial charge in [0.15, 0.2) is 0 Å². The highest BCUT2D eigenvalue weighted by atomic mass is 16.5. The van der Waals surface area contributed by atoms with Gasteiger partial charge in [-0.05, 0) is 38.0 Å². The molecule has 112 valence electrons. The van der Waals surface area contributed by atoms with E-state index in [0.29, 0.717) is 6.04 Å². The van der Waals surface area contributed by atoms with Crippen LogP contribution in [0.4, 0.5) is 0 Å². The third-order valence-electron chi connectivity index (χ3n) is 4.04. The van der Waals surface area contributed by atoms with Crippen molar-refractivity contribution in [1.29, 1.82) is 0 Å². The fraction of sp³-hybridized carbons (Fsp3) is 0.688. The maximum atomic E-state index is 5.46. The van der Waals surface area contributed by atoms with Gasteiger partial charge < -0.3 is 9.64 Å². The lowest BCUT2D eigenvalue weighted by Gasteiger charge is -2.39. The van der Waals surface area contributed by atoms with Crippen molar-refractivity contribution in [2.75, 3.05) is 45.9 Å². The van der Waals surface area contributed by atoms with Crippen molar-refractivity contribution in [3.63, 3.8) is 0 Å². The van der Waals surface area contributed by atoms with Gasteiger partial charge in [-0.25, -0.2) is 0 Å². The quantitative estimate of drug-likeness (QED) is 0.709. The number of nitrogens with zero attached hydrogens (tertiary/aromatic N) is 3. The van der Waals surface area contributed by atoms with Crippen molar-refractivity contribution in [2.24, 2.45) is 0 Å². The van der Waals surface area contributed by atoms with E-state index in [1.54, 1.807) is 0 Å².